The van der Waals surface area contributed by atoms with Crippen molar-refractivity contribution in [1.29, 1.82) is 0 Å². The molecule has 2 fully saturated rings. The van der Waals surface area contributed by atoms with Crippen molar-refractivity contribution in [2.24, 2.45) is 5.92 Å². The van der Waals surface area contributed by atoms with Crippen molar-refractivity contribution in [3.05, 3.63) is 35.9 Å². The Morgan fingerprint density at radius 3 is 2.69 bits per heavy atom. The quantitative estimate of drug-likeness (QED) is 0.450. The van der Waals surface area contributed by atoms with Gasteiger partial charge in [-0.25, -0.2) is 0 Å². The minimum atomic E-state index is 0.0121. The van der Waals surface area contributed by atoms with Gasteiger partial charge in [-0.1, -0.05) is 52.9 Å². The molecule has 1 aliphatic heterocycles. The molecule has 16 heavy (non-hydrogen) atoms. The fourth-order valence-electron chi connectivity index (χ4n) is 2.87. The molecule has 3 rings (SSSR count). The van der Waals surface area contributed by atoms with Gasteiger partial charge in [0.1, 0.15) is 6.10 Å². The number of hydrogen-bond donors (Lipinski definition) is 0. The molecule has 1 aromatic rings. The van der Waals surface area contributed by atoms with Gasteiger partial charge in [0.15, 0.2) is 0 Å². The van der Waals surface area contributed by atoms with Gasteiger partial charge in [-0.05, 0) is 18.4 Å². The molecule has 0 amide bonds. The number of benzene rings is 1. The van der Waals surface area contributed by atoms with Crippen LogP contribution in [0.5, 0.6) is 0 Å². The van der Waals surface area contributed by atoms with Crippen molar-refractivity contribution in [3.63, 3.8) is 0 Å². The number of hydrogen-bond acceptors (Lipinski definition) is 2. The number of ether oxygens (including phenoxy) is 1. The zero-order valence-corrected chi connectivity index (χ0v) is 11.0. The van der Waals surface area contributed by atoms with Crippen LogP contribution in [0.1, 0.15) is 24.3 Å². The molecule has 1 aromatic carbocycles. The van der Waals surface area contributed by atoms with Gasteiger partial charge >= 0.3 is 5.97 Å². The van der Waals surface area contributed by atoms with Crippen molar-refractivity contribution in [3.8, 4) is 0 Å². The van der Waals surface area contributed by atoms with Crippen molar-refractivity contribution in [2.45, 2.75) is 28.8 Å². The first-order valence-corrected chi connectivity index (χ1v) is 6.91. The van der Waals surface area contributed by atoms with E-state index in [4.69, 9.17) is 4.74 Å². The fourth-order valence-corrected chi connectivity index (χ4v) is 3.82. The summed E-state index contributed by atoms with van der Waals surface area (Å²) in [4.78, 5) is 11.8. The third kappa shape index (κ3) is 1.56. The maximum atomic E-state index is 11.8. The molecule has 1 heterocycles. The predicted octanol–water partition coefficient (Wildman–Crippen LogP) is 2.91. The molecular weight excluding hydrogens is 315 g/mol. The van der Waals surface area contributed by atoms with Gasteiger partial charge in [-0.3, -0.25) is 4.79 Å². The molecule has 0 aromatic heterocycles. The molecule has 2 bridgehead atoms. The second-order valence-electron chi connectivity index (χ2n) is 4.54. The smallest absolute Gasteiger partial charge is 0.310 e. The fraction of sp³-hybridized carbons (Fsp3) is 0.462. The molecular formula is C13H13IO2. The summed E-state index contributed by atoms with van der Waals surface area (Å²) in [7, 11) is 0. The Hall–Kier alpha value is -0.580. The second-order valence-corrected chi connectivity index (χ2v) is 6.14. The molecule has 0 unspecified atom stereocenters. The molecule has 1 saturated carbocycles. The lowest BCUT2D eigenvalue weighted by Crippen LogP contribution is -2.32. The summed E-state index contributed by atoms with van der Waals surface area (Å²) in [6, 6.07) is 10.3. The summed E-state index contributed by atoms with van der Waals surface area (Å²) in [6.45, 7) is 0. The van der Waals surface area contributed by atoms with Gasteiger partial charge < -0.3 is 4.74 Å². The van der Waals surface area contributed by atoms with Gasteiger partial charge in [0.2, 0.25) is 0 Å². The molecule has 2 aliphatic rings. The highest BCUT2D eigenvalue weighted by Gasteiger charge is 2.51. The highest BCUT2D eigenvalue weighted by atomic mass is 127. The molecule has 1 saturated heterocycles. The Labute approximate surface area is 109 Å². The first-order chi connectivity index (χ1) is 7.77. The maximum Gasteiger partial charge on any atom is 0.310 e. The number of halogens is 1. The zero-order chi connectivity index (χ0) is 11.1. The SMILES string of the molecule is O=C1O[C@H]2[C@@H](c3ccccc3)[C@@H]1CC[C@@H]2I. The highest BCUT2D eigenvalue weighted by molar-refractivity contribution is 14.1. The van der Waals surface area contributed by atoms with E-state index in [-0.39, 0.29) is 23.9 Å². The predicted molar refractivity (Wildman–Crippen MR) is 69.6 cm³/mol. The lowest BCUT2D eigenvalue weighted by atomic mass is 9.76. The molecule has 4 atom stereocenters. The number of carbonyl (C=O) groups is 1. The maximum absolute atomic E-state index is 11.8. The van der Waals surface area contributed by atoms with Gasteiger partial charge in [0.25, 0.3) is 0 Å². The average molecular weight is 328 g/mol. The summed E-state index contributed by atoms with van der Waals surface area (Å²) in [5.74, 6) is 0.390. The molecule has 84 valence electrons. The van der Waals surface area contributed by atoms with Crippen LogP contribution in [0.15, 0.2) is 30.3 Å². The van der Waals surface area contributed by atoms with E-state index in [2.05, 4.69) is 34.7 Å². The van der Waals surface area contributed by atoms with E-state index in [1.165, 1.54) is 5.56 Å². The van der Waals surface area contributed by atoms with Crippen molar-refractivity contribution in [1.82, 2.24) is 0 Å². The molecule has 0 spiro atoms. The average Bonchev–Trinajstić information content (AvgIpc) is 2.57. The van der Waals surface area contributed by atoms with Crippen LogP contribution >= 0.6 is 22.6 Å². The van der Waals surface area contributed by atoms with Crippen LogP contribution in [0, 0.1) is 5.92 Å². The van der Waals surface area contributed by atoms with Gasteiger partial charge in [-0.15, -0.1) is 0 Å². The number of carbonyl (C=O) groups excluding carboxylic acids is 1. The summed E-state index contributed by atoms with van der Waals surface area (Å²) < 4.78 is 5.98. The summed E-state index contributed by atoms with van der Waals surface area (Å²) in [6.07, 6.45) is 2.17. The summed E-state index contributed by atoms with van der Waals surface area (Å²) >= 11 is 2.42. The van der Waals surface area contributed by atoms with Gasteiger partial charge in [0.05, 0.1) is 5.92 Å². The van der Waals surface area contributed by atoms with Crippen LogP contribution in [-0.2, 0) is 9.53 Å². The standard InChI is InChI=1S/C13H13IO2/c14-10-7-6-9-11(12(10)16-13(9)15)8-4-2-1-3-5-8/h1-5,9-12H,6-7H2/t9-,10-,11-,12+/m0/s1. The molecule has 1 aliphatic carbocycles. The van der Waals surface area contributed by atoms with Crippen LogP contribution in [0.4, 0.5) is 0 Å². The Balaban J connectivity index is 1.99. The number of alkyl halides is 1. The number of fused-ring (bicyclic) bond motifs is 2. The Morgan fingerprint density at radius 1 is 1.19 bits per heavy atom. The third-order valence-corrected chi connectivity index (χ3v) is 4.97. The largest absolute Gasteiger partial charge is 0.460 e. The lowest BCUT2D eigenvalue weighted by Gasteiger charge is -2.29. The van der Waals surface area contributed by atoms with Crippen LogP contribution in [0.2, 0.25) is 0 Å². The summed E-state index contributed by atoms with van der Waals surface area (Å²) in [5, 5.41) is 0. The minimum Gasteiger partial charge on any atom is -0.460 e. The molecule has 0 N–H and O–H groups in total. The van der Waals surface area contributed by atoms with Gasteiger partial charge in [0, 0.05) is 9.84 Å². The first-order valence-electron chi connectivity index (χ1n) is 5.67. The minimum absolute atomic E-state index is 0.0121. The number of esters is 1. The number of rotatable bonds is 1. The van der Waals surface area contributed by atoms with E-state index in [9.17, 15) is 4.79 Å². The molecule has 2 nitrogen and oxygen atoms in total. The zero-order valence-electron chi connectivity index (χ0n) is 8.80. The molecule has 0 radical (unpaired) electrons. The van der Waals surface area contributed by atoms with E-state index < -0.39 is 0 Å². The Bertz CT molecular complexity index is 404. The Morgan fingerprint density at radius 2 is 1.94 bits per heavy atom. The lowest BCUT2D eigenvalue weighted by molar-refractivity contribution is -0.143. The van der Waals surface area contributed by atoms with Gasteiger partial charge in [-0.2, -0.15) is 0 Å². The summed E-state index contributed by atoms with van der Waals surface area (Å²) in [5.41, 5.74) is 1.25. The monoisotopic (exact) mass is 328 g/mol. The third-order valence-electron chi connectivity index (χ3n) is 3.64. The Kier molecular flexibility index (Phi) is 2.65. The first kappa shape index (κ1) is 10.6. The van der Waals surface area contributed by atoms with E-state index in [0.717, 1.165) is 12.8 Å². The van der Waals surface area contributed by atoms with Crippen molar-refractivity contribution >= 4 is 28.6 Å². The topological polar surface area (TPSA) is 26.3 Å². The van der Waals surface area contributed by atoms with Crippen LogP contribution in [0.3, 0.4) is 0 Å². The van der Waals surface area contributed by atoms with E-state index >= 15 is 0 Å². The van der Waals surface area contributed by atoms with E-state index in [0.29, 0.717) is 3.92 Å². The highest BCUT2D eigenvalue weighted by Crippen LogP contribution is 2.47. The normalized spacial score (nSPS) is 37.2. The second kappa shape index (κ2) is 4.02. The van der Waals surface area contributed by atoms with Crippen LogP contribution < -0.4 is 0 Å². The molecule has 3 heteroatoms. The van der Waals surface area contributed by atoms with E-state index in [1.54, 1.807) is 0 Å². The van der Waals surface area contributed by atoms with Crippen molar-refractivity contribution < 1.29 is 9.53 Å². The van der Waals surface area contributed by atoms with Crippen molar-refractivity contribution in [2.75, 3.05) is 0 Å². The van der Waals surface area contributed by atoms with E-state index in [1.807, 2.05) is 18.2 Å². The van der Waals surface area contributed by atoms with Crippen LogP contribution in [0.25, 0.3) is 0 Å². The van der Waals surface area contributed by atoms with Crippen LogP contribution in [-0.4, -0.2) is 16.0 Å².